The summed E-state index contributed by atoms with van der Waals surface area (Å²) in [6, 6.07) is 5.95. The van der Waals surface area contributed by atoms with Crippen LogP contribution in [0.25, 0.3) is 0 Å². The fourth-order valence-electron chi connectivity index (χ4n) is 1.83. The first-order valence-electron chi connectivity index (χ1n) is 5.71. The van der Waals surface area contributed by atoms with Gasteiger partial charge in [0.15, 0.2) is 0 Å². The average molecular weight is 207 g/mol. The van der Waals surface area contributed by atoms with Crippen molar-refractivity contribution in [3.05, 3.63) is 23.8 Å². The molecule has 0 heterocycles. The first-order valence-corrected chi connectivity index (χ1v) is 5.71. The summed E-state index contributed by atoms with van der Waals surface area (Å²) in [5.41, 5.74) is 7.79. The van der Waals surface area contributed by atoms with Gasteiger partial charge in [-0.1, -0.05) is 26.3 Å². The van der Waals surface area contributed by atoms with E-state index in [1.807, 2.05) is 19.1 Å². The minimum absolute atomic E-state index is 0.539. The minimum atomic E-state index is 0.539. The summed E-state index contributed by atoms with van der Waals surface area (Å²) in [6.07, 6.45) is 2.38. The summed E-state index contributed by atoms with van der Waals surface area (Å²) < 4.78 is 5.61. The maximum absolute atomic E-state index is 5.75. The van der Waals surface area contributed by atoms with E-state index in [2.05, 4.69) is 19.9 Å². The van der Waals surface area contributed by atoms with Gasteiger partial charge in [-0.15, -0.1) is 0 Å². The maximum Gasteiger partial charge on any atom is 0.124 e. The van der Waals surface area contributed by atoms with Crippen molar-refractivity contribution in [2.75, 3.05) is 12.3 Å². The molecule has 1 rings (SSSR count). The molecule has 0 spiro atoms. The van der Waals surface area contributed by atoms with E-state index in [0.29, 0.717) is 12.5 Å². The predicted octanol–water partition coefficient (Wildman–Crippen LogP) is 3.57. The lowest BCUT2D eigenvalue weighted by Crippen LogP contribution is -2.01. The van der Waals surface area contributed by atoms with Crippen molar-refractivity contribution in [1.29, 1.82) is 0 Å². The van der Waals surface area contributed by atoms with Crippen molar-refractivity contribution in [2.24, 2.45) is 0 Å². The molecule has 0 saturated carbocycles. The Morgan fingerprint density at radius 2 is 2.07 bits per heavy atom. The molecule has 0 bridgehead atoms. The second kappa shape index (κ2) is 5.64. The van der Waals surface area contributed by atoms with Crippen LogP contribution in [0.4, 0.5) is 5.69 Å². The number of anilines is 1. The van der Waals surface area contributed by atoms with Gasteiger partial charge in [0, 0.05) is 11.8 Å². The van der Waals surface area contributed by atoms with Crippen molar-refractivity contribution >= 4 is 5.69 Å². The summed E-state index contributed by atoms with van der Waals surface area (Å²) >= 11 is 0. The van der Waals surface area contributed by atoms with Gasteiger partial charge in [-0.25, -0.2) is 0 Å². The highest BCUT2D eigenvalue weighted by molar-refractivity contribution is 5.49. The van der Waals surface area contributed by atoms with Crippen molar-refractivity contribution in [1.82, 2.24) is 0 Å². The van der Waals surface area contributed by atoms with Crippen LogP contribution in [0.1, 0.15) is 45.1 Å². The minimum Gasteiger partial charge on any atom is -0.494 e. The molecule has 0 aliphatic rings. The largest absolute Gasteiger partial charge is 0.494 e. The van der Waals surface area contributed by atoms with Crippen molar-refractivity contribution in [3.63, 3.8) is 0 Å². The number of hydrogen-bond donors (Lipinski definition) is 1. The average Bonchev–Trinajstić information content (AvgIpc) is 2.18. The van der Waals surface area contributed by atoms with Gasteiger partial charge in [0.05, 0.1) is 6.61 Å². The third-order valence-electron chi connectivity index (χ3n) is 2.59. The molecule has 2 nitrogen and oxygen atoms in total. The molecule has 0 radical (unpaired) electrons. The van der Waals surface area contributed by atoms with E-state index in [1.165, 1.54) is 18.4 Å². The second-order valence-electron chi connectivity index (χ2n) is 3.92. The van der Waals surface area contributed by atoms with Gasteiger partial charge in [-0.05, 0) is 30.9 Å². The van der Waals surface area contributed by atoms with Gasteiger partial charge >= 0.3 is 0 Å². The molecule has 84 valence electrons. The molecule has 0 aliphatic carbocycles. The van der Waals surface area contributed by atoms with Gasteiger partial charge in [-0.3, -0.25) is 0 Å². The van der Waals surface area contributed by atoms with E-state index >= 15 is 0 Å². The van der Waals surface area contributed by atoms with E-state index in [-0.39, 0.29) is 0 Å². The Hall–Kier alpha value is -1.18. The van der Waals surface area contributed by atoms with Gasteiger partial charge in [0.2, 0.25) is 0 Å². The first-order chi connectivity index (χ1) is 7.19. The van der Waals surface area contributed by atoms with E-state index < -0.39 is 0 Å². The molecular formula is C13H21NO. The molecule has 0 saturated heterocycles. The van der Waals surface area contributed by atoms with Crippen molar-refractivity contribution in [3.8, 4) is 5.75 Å². The summed E-state index contributed by atoms with van der Waals surface area (Å²) in [4.78, 5) is 0. The van der Waals surface area contributed by atoms with E-state index in [0.717, 1.165) is 11.4 Å². The number of benzene rings is 1. The zero-order valence-electron chi connectivity index (χ0n) is 9.92. The number of nitrogens with two attached hydrogens (primary N) is 1. The smallest absolute Gasteiger partial charge is 0.124 e. The monoisotopic (exact) mass is 207 g/mol. The number of ether oxygens (including phenoxy) is 1. The summed E-state index contributed by atoms with van der Waals surface area (Å²) in [6.45, 7) is 7.12. The zero-order valence-corrected chi connectivity index (χ0v) is 9.92. The van der Waals surface area contributed by atoms with Crippen LogP contribution in [0.5, 0.6) is 5.75 Å². The molecular weight excluding hydrogens is 186 g/mol. The Morgan fingerprint density at radius 1 is 1.33 bits per heavy atom. The third-order valence-corrected chi connectivity index (χ3v) is 2.59. The Kier molecular flexibility index (Phi) is 4.47. The molecule has 0 aromatic heterocycles. The number of hydrogen-bond acceptors (Lipinski definition) is 2. The maximum atomic E-state index is 5.75. The fraction of sp³-hybridized carbons (Fsp3) is 0.538. The summed E-state index contributed by atoms with van der Waals surface area (Å²) in [5.74, 6) is 1.48. The quantitative estimate of drug-likeness (QED) is 0.749. The van der Waals surface area contributed by atoms with Gasteiger partial charge in [0.25, 0.3) is 0 Å². The topological polar surface area (TPSA) is 35.2 Å². The second-order valence-corrected chi connectivity index (χ2v) is 3.92. The van der Waals surface area contributed by atoms with Crippen LogP contribution < -0.4 is 10.5 Å². The van der Waals surface area contributed by atoms with E-state index in [4.69, 9.17) is 10.5 Å². The molecule has 1 aromatic carbocycles. The number of rotatable bonds is 5. The Bertz CT molecular complexity index is 309. The third kappa shape index (κ3) is 3.15. The van der Waals surface area contributed by atoms with E-state index in [9.17, 15) is 0 Å². The van der Waals surface area contributed by atoms with Gasteiger partial charge in [0.1, 0.15) is 5.75 Å². The van der Waals surface area contributed by atoms with Gasteiger partial charge in [-0.2, -0.15) is 0 Å². The van der Waals surface area contributed by atoms with Crippen LogP contribution in [0.2, 0.25) is 0 Å². The van der Waals surface area contributed by atoms with E-state index in [1.54, 1.807) is 0 Å². The zero-order chi connectivity index (χ0) is 11.3. The lowest BCUT2D eigenvalue weighted by molar-refractivity contribution is 0.334. The van der Waals surface area contributed by atoms with Crippen LogP contribution in [0, 0.1) is 0 Å². The highest BCUT2D eigenvalue weighted by atomic mass is 16.5. The molecule has 2 N–H and O–H groups in total. The Morgan fingerprint density at radius 3 is 2.67 bits per heavy atom. The summed E-state index contributed by atoms with van der Waals surface area (Å²) in [5, 5.41) is 0. The predicted molar refractivity (Wildman–Crippen MR) is 65.3 cm³/mol. The van der Waals surface area contributed by atoms with Gasteiger partial charge < -0.3 is 10.5 Å². The molecule has 15 heavy (non-hydrogen) atoms. The number of nitrogen functional groups attached to an aromatic ring is 1. The van der Waals surface area contributed by atoms with Crippen molar-refractivity contribution in [2.45, 2.75) is 39.5 Å². The van der Waals surface area contributed by atoms with Crippen LogP contribution in [0.15, 0.2) is 18.2 Å². The molecule has 0 amide bonds. The lowest BCUT2D eigenvalue weighted by Gasteiger charge is -2.16. The van der Waals surface area contributed by atoms with Crippen LogP contribution in [-0.2, 0) is 0 Å². The van der Waals surface area contributed by atoms with Crippen LogP contribution in [-0.4, -0.2) is 6.61 Å². The highest BCUT2D eigenvalue weighted by Crippen LogP contribution is 2.31. The standard InChI is InChI=1S/C13H21NO/c1-4-6-10(3)12-8-7-11(14)9-13(12)15-5-2/h7-10H,4-6,14H2,1-3H3. The lowest BCUT2D eigenvalue weighted by atomic mass is 9.95. The molecule has 2 heteroatoms. The van der Waals surface area contributed by atoms with Crippen LogP contribution in [0.3, 0.4) is 0 Å². The fourth-order valence-corrected chi connectivity index (χ4v) is 1.83. The molecule has 1 unspecified atom stereocenters. The molecule has 0 fully saturated rings. The molecule has 0 aliphatic heterocycles. The normalized spacial score (nSPS) is 12.5. The molecule has 1 aromatic rings. The molecule has 1 atom stereocenters. The Balaban J connectivity index is 2.93. The first kappa shape index (κ1) is 11.9. The SMILES string of the molecule is CCCC(C)c1ccc(N)cc1OCC. The Labute approximate surface area is 92.4 Å². The van der Waals surface area contributed by atoms with Crippen molar-refractivity contribution < 1.29 is 4.74 Å². The summed E-state index contributed by atoms with van der Waals surface area (Å²) in [7, 11) is 0. The highest BCUT2D eigenvalue weighted by Gasteiger charge is 2.10. The van der Waals surface area contributed by atoms with Crippen LogP contribution >= 0.6 is 0 Å².